The van der Waals surface area contributed by atoms with E-state index < -0.39 is 0 Å². The average Bonchev–Trinajstić information content (AvgIpc) is 3.43. The van der Waals surface area contributed by atoms with Gasteiger partial charge in [0.2, 0.25) is 6.79 Å². The van der Waals surface area contributed by atoms with Crippen molar-refractivity contribution >= 4 is 34.6 Å². The van der Waals surface area contributed by atoms with Gasteiger partial charge < -0.3 is 18.9 Å². The fourth-order valence-electron chi connectivity index (χ4n) is 3.64. The summed E-state index contributed by atoms with van der Waals surface area (Å²) in [5, 5.41) is 8.45. The van der Waals surface area contributed by atoms with E-state index in [2.05, 4.69) is 0 Å². The van der Waals surface area contributed by atoms with E-state index in [4.69, 9.17) is 24.4 Å². The molecular weight excluding hydrogens is 471 g/mol. The van der Waals surface area contributed by atoms with Crippen molar-refractivity contribution in [2.45, 2.75) is 13.5 Å². The molecule has 0 unspecified atom stereocenters. The van der Waals surface area contributed by atoms with E-state index in [1.54, 1.807) is 48.5 Å². The minimum atomic E-state index is -0.300. The molecule has 0 aromatic heterocycles. The SMILES string of the molecule is CCOc1cc(/C=C2/SC(=N)N(c3ccc4c(c3)OCO4)C2=O)ccc1OCc1ccc(F)cc1. The van der Waals surface area contributed by atoms with Crippen molar-refractivity contribution in [3.8, 4) is 23.0 Å². The maximum absolute atomic E-state index is 13.1. The van der Waals surface area contributed by atoms with Crippen LogP contribution in [0.4, 0.5) is 10.1 Å². The molecule has 0 bridgehead atoms. The molecule has 9 heteroatoms. The summed E-state index contributed by atoms with van der Waals surface area (Å²) in [6, 6.07) is 16.6. The second kappa shape index (κ2) is 9.71. The van der Waals surface area contributed by atoms with Crippen LogP contribution in [0.3, 0.4) is 0 Å². The Kier molecular flexibility index (Phi) is 6.33. The molecule has 178 valence electrons. The summed E-state index contributed by atoms with van der Waals surface area (Å²) in [4.78, 5) is 14.9. The van der Waals surface area contributed by atoms with Crippen LogP contribution in [-0.2, 0) is 11.4 Å². The van der Waals surface area contributed by atoms with Crippen molar-refractivity contribution in [3.63, 3.8) is 0 Å². The lowest BCUT2D eigenvalue weighted by Gasteiger charge is -2.14. The number of hydrogen-bond acceptors (Lipinski definition) is 7. The number of amidine groups is 1. The Balaban J connectivity index is 1.35. The first kappa shape index (κ1) is 22.8. The molecule has 0 aliphatic carbocycles. The quantitative estimate of drug-likeness (QED) is 0.433. The third-order valence-corrected chi connectivity index (χ3v) is 6.20. The topological polar surface area (TPSA) is 81.1 Å². The van der Waals surface area contributed by atoms with Gasteiger partial charge in [0.05, 0.1) is 17.2 Å². The number of carbonyl (C=O) groups excluding carboxylic acids is 1. The highest BCUT2D eigenvalue weighted by Crippen LogP contribution is 2.40. The number of benzene rings is 3. The predicted molar refractivity (Wildman–Crippen MR) is 132 cm³/mol. The number of anilines is 1. The van der Waals surface area contributed by atoms with Gasteiger partial charge in [-0.2, -0.15) is 0 Å². The zero-order valence-electron chi connectivity index (χ0n) is 18.7. The number of nitrogens with zero attached hydrogens (tertiary/aromatic N) is 1. The molecule has 1 saturated heterocycles. The van der Waals surface area contributed by atoms with E-state index in [-0.39, 0.29) is 30.3 Å². The summed E-state index contributed by atoms with van der Waals surface area (Å²) in [6.45, 7) is 2.70. The molecule has 1 N–H and O–H groups in total. The zero-order chi connectivity index (χ0) is 24.4. The number of halogens is 1. The van der Waals surface area contributed by atoms with Crippen molar-refractivity contribution in [3.05, 3.63) is 82.5 Å². The zero-order valence-corrected chi connectivity index (χ0v) is 19.6. The lowest BCUT2D eigenvalue weighted by Crippen LogP contribution is -2.28. The smallest absolute Gasteiger partial charge is 0.271 e. The maximum Gasteiger partial charge on any atom is 0.271 e. The van der Waals surface area contributed by atoms with Crippen LogP contribution in [0.1, 0.15) is 18.1 Å². The first-order valence-corrected chi connectivity index (χ1v) is 11.7. The molecule has 2 aliphatic heterocycles. The third-order valence-electron chi connectivity index (χ3n) is 5.31. The molecule has 1 amide bonds. The Hall–Kier alpha value is -3.98. The Labute approximate surface area is 205 Å². The van der Waals surface area contributed by atoms with Gasteiger partial charge in [-0.3, -0.25) is 15.1 Å². The van der Waals surface area contributed by atoms with Gasteiger partial charge in [-0.25, -0.2) is 4.39 Å². The van der Waals surface area contributed by atoms with Crippen LogP contribution >= 0.6 is 11.8 Å². The molecule has 0 radical (unpaired) electrons. The number of hydrogen-bond donors (Lipinski definition) is 1. The molecule has 0 spiro atoms. The first-order chi connectivity index (χ1) is 17.0. The maximum atomic E-state index is 13.1. The molecule has 3 aromatic carbocycles. The standard InChI is InChI=1S/C26H21FN2O5S/c1-2-31-22-11-17(5-9-20(22)32-14-16-3-6-18(27)7-4-16)12-24-25(30)29(26(28)35-24)19-8-10-21-23(13-19)34-15-33-21/h3-13,28H,2,14-15H2,1H3/b24-12+,28-26?. The minimum absolute atomic E-state index is 0.101. The second-order valence-electron chi connectivity index (χ2n) is 7.65. The van der Waals surface area contributed by atoms with Crippen LogP contribution in [0.2, 0.25) is 0 Å². The monoisotopic (exact) mass is 492 g/mol. The molecule has 7 nitrogen and oxygen atoms in total. The van der Waals surface area contributed by atoms with Gasteiger partial charge >= 0.3 is 0 Å². The number of nitrogens with one attached hydrogen (secondary N) is 1. The minimum Gasteiger partial charge on any atom is -0.490 e. The van der Waals surface area contributed by atoms with Gasteiger partial charge in [0, 0.05) is 6.07 Å². The number of amides is 1. The molecule has 3 aromatic rings. The summed E-state index contributed by atoms with van der Waals surface area (Å²) in [5.41, 5.74) is 2.11. The summed E-state index contributed by atoms with van der Waals surface area (Å²) in [7, 11) is 0. The van der Waals surface area contributed by atoms with E-state index in [1.807, 2.05) is 13.0 Å². The number of carbonyl (C=O) groups is 1. The van der Waals surface area contributed by atoms with Gasteiger partial charge in [-0.1, -0.05) is 18.2 Å². The van der Waals surface area contributed by atoms with Crippen molar-refractivity contribution in [1.29, 1.82) is 5.41 Å². The van der Waals surface area contributed by atoms with Crippen molar-refractivity contribution in [2.24, 2.45) is 0 Å². The van der Waals surface area contributed by atoms with E-state index >= 15 is 0 Å². The number of thioether (sulfide) groups is 1. The molecule has 35 heavy (non-hydrogen) atoms. The molecule has 2 heterocycles. The van der Waals surface area contributed by atoms with Crippen LogP contribution < -0.4 is 23.8 Å². The molecule has 0 saturated carbocycles. The Morgan fingerprint density at radius 3 is 2.63 bits per heavy atom. The van der Waals surface area contributed by atoms with Gasteiger partial charge in [0.25, 0.3) is 5.91 Å². The van der Waals surface area contributed by atoms with E-state index in [0.29, 0.717) is 40.2 Å². The highest BCUT2D eigenvalue weighted by Gasteiger charge is 2.34. The molecule has 5 rings (SSSR count). The summed E-state index contributed by atoms with van der Waals surface area (Å²) >= 11 is 1.08. The number of fused-ring (bicyclic) bond motifs is 1. The summed E-state index contributed by atoms with van der Waals surface area (Å²) in [6.07, 6.45) is 1.72. The summed E-state index contributed by atoms with van der Waals surface area (Å²) < 4.78 is 35.5. The lowest BCUT2D eigenvalue weighted by atomic mass is 10.1. The average molecular weight is 493 g/mol. The Morgan fingerprint density at radius 2 is 1.83 bits per heavy atom. The van der Waals surface area contributed by atoms with Gasteiger partial charge in [0.1, 0.15) is 12.4 Å². The van der Waals surface area contributed by atoms with E-state index in [1.165, 1.54) is 17.0 Å². The van der Waals surface area contributed by atoms with Crippen LogP contribution in [0, 0.1) is 11.2 Å². The van der Waals surface area contributed by atoms with Gasteiger partial charge in [0.15, 0.2) is 28.2 Å². The van der Waals surface area contributed by atoms with Crippen LogP contribution in [0.25, 0.3) is 6.08 Å². The molecular formula is C26H21FN2O5S. The van der Waals surface area contributed by atoms with Crippen molar-refractivity contribution in [2.75, 3.05) is 18.3 Å². The van der Waals surface area contributed by atoms with Gasteiger partial charge in [-0.15, -0.1) is 0 Å². The molecule has 0 atom stereocenters. The van der Waals surface area contributed by atoms with Gasteiger partial charge in [-0.05, 0) is 72.3 Å². The largest absolute Gasteiger partial charge is 0.490 e. The van der Waals surface area contributed by atoms with E-state index in [9.17, 15) is 9.18 Å². The number of rotatable bonds is 7. The Morgan fingerprint density at radius 1 is 1.03 bits per heavy atom. The van der Waals surface area contributed by atoms with Crippen LogP contribution in [0.5, 0.6) is 23.0 Å². The first-order valence-electron chi connectivity index (χ1n) is 10.9. The molecule has 2 aliphatic rings. The van der Waals surface area contributed by atoms with Crippen molar-refractivity contribution in [1.82, 2.24) is 0 Å². The van der Waals surface area contributed by atoms with E-state index in [0.717, 1.165) is 22.9 Å². The third kappa shape index (κ3) is 4.81. The fourth-order valence-corrected chi connectivity index (χ4v) is 4.50. The summed E-state index contributed by atoms with van der Waals surface area (Å²) in [5.74, 6) is 1.63. The normalized spacial score (nSPS) is 15.7. The highest BCUT2D eigenvalue weighted by atomic mass is 32.2. The molecule has 1 fully saturated rings. The Bertz CT molecular complexity index is 1330. The van der Waals surface area contributed by atoms with Crippen LogP contribution in [-0.4, -0.2) is 24.5 Å². The van der Waals surface area contributed by atoms with Crippen molar-refractivity contribution < 1.29 is 28.1 Å². The predicted octanol–water partition coefficient (Wildman–Crippen LogP) is 5.59. The van der Waals surface area contributed by atoms with Crippen LogP contribution in [0.15, 0.2) is 65.6 Å². The number of ether oxygens (including phenoxy) is 4. The lowest BCUT2D eigenvalue weighted by molar-refractivity contribution is -0.113. The fraction of sp³-hybridized carbons (Fsp3) is 0.154. The highest BCUT2D eigenvalue weighted by molar-refractivity contribution is 8.19. The second-order valence-corrected chi connectivity index (χ2v) is 8.68.